The second kappa shape index (κ2) is 6.81. The van der Waals surface area contributed by atoms with Gasteiger partial charge in [-0.05, 0) is 25.1 Å². The van der Waals surface area contributed by atoms with Gasteiger partial charge in [0.25, 0.3) is 5.91 Å². The van der Waals surface area contributed by atoms with Crippen molar-refractivity contribution in [2.45, 2.75) is 13.0 Å². The average Bonchev–Trinajstić information content (AvgIpc) is 2.87. The van der Waals surface area contributed by atoms with Crippen LogP contribution < -0.4 is 11.1 Å². The summed E-state index contributed by atoms with van der Waals surface area (Å²) in [6.07, 6.45) is 1.55. The number of urea groups is 1. The Hall–Kier alpha value is -2.74. The van der Waals surface area contributed by atoms with Crippen molar-refractivity contribution in [1.82, 2.24) is 10.3 Å². The summed E-state index contributed by atoms with van der Waals surface area (Å²) in [6, 6.07) is 6.58. The fourth-order valence-corrected chi connectivity index (χ4v) is 2.46. The Morgan fingerprint density at radius 3 is 2.77 bits per heavy atom. The van der Waals surface area contributed by atoms with Crippen LogP contribution in [0.5, 0.6) is 0 Å². The minimum atomic E-state index is -1.12. The molecule has 22 heavy (non-hydrogen) atoms. The first-order valence-electron chi connectivity index (χ1n) is 6.30. The van der Waals surface area contributed by atoms with E-state index >= 15 is 0 Å². The molecule has 0 saturated heterocycles. The zero-order chi connectivity index (χ0) is 16.1. The molecule has 0 saturated carbocycles. The Morgan fingerprint density at radius 1 is 1.36 bits per heavy atom. The smallest absolute Gasteiger partial charge is 0.331 e. The number of hydrogen-bond donors (Lipinski definition) is 2. The topological polar surface area (TPSA) is 111 Å². The number of ether oxygens (including phenoxy) is 1. The molecule has 3 amide bonds. The summed E-state index contributed by atoms with van der Waals surface area (Å²) in [5.74, 6) is -1.50. The standard InChI is InChI=1S/C14H13N3O4S/c1-8(13(19)17-14(15)20)21-12(18)7-6-11-16-9-4-2-3-5-10(9)22-11/h2-8H,1H3,(H3,15,17,19,20)/b7-6+/t8-/m0/s1. The van der Waals surface area contributed by atoms with Crippen molar-refractivity contribution >= 4 is 45.5 Å². The van der Waals surface area contributed by atoms with Crippen LogP contribution in [0.3, 0.4) is 0 Å². The lowest BCUT2D eigenvalue weighted by Crippen LogP contribution is -2.42. The van der Waals surface area contributed by atoms with Crippen molar-refractivity contribution in [3.63, 3.8) is 0 Å². The molecule has 7 nitrogen and oxygen atoms in total. The maximum Gasteiger partial charge on any atom is 0.331 e. The summed E-state index contributed by atoms with van der Waals surface area (Å²) in [5, 5.41) is 2.47. The lowest BCUT2D eigenvalue weighted by Gasteiger charge is -2.09. The van der Waals surface area contributed by atoms with E-state index in [1.807, 2.05) is 29.6 Å². The van der Waals surface area contributed by atoms with Crippen molar-refractivity contribution in [1.29, 1.82) is 0 Å². The summed E-state index contributed by atoms with van der Waals surface area (Å²) < 4.78 is 5.84. The molecule has 1 aromatic heterocycles. The normalized spacial score (nSPS) is 12.2. The van der Waals surface area contributed by atoms with Gasteiger partial charge in [-0.1, -0.05) is 12.1 Å². The van der Waals surface area contributed by atoms with Gasteiger partial charge in [0.2, 0.25) is 0 Å². The van der Waals surface area contributed by atoms with E-state index in [0.29, 0.717) is 5.01 Å². The average molecular weight is 319 g/mol. The largest absolute Gasteiger partial charge is 0.449 e. The van der Waals surface area contributed by atoms with Gasteiger partial charge in [-0.15, -0.1) is 11.3 Å². The molecule has 1 aromatic carbocycles. The van der Waals surface area contributed by atoms with E-state index < -0.39 is 24.0 Å². The number of carbonyl (C=O) groups is 3. The van der Waals surface area contributed by atoms with Gasteiger partial charge in [-0.3, -0.25) is 10.1 Å². The number of rotatable bonds is 4. The zero-order valence-electron chi connectivity index (χ0n) is 11.6. The first-order chi connectivity index (χ1) is 10.5. The maximum atomic E-state index is 11.6. The number of fused-ring (bicyclic) bond motifs is 1. The Balaban J connectivity index is 1.96. The highest BCUT2D eigenvalue weighted by Gasteiger charge is 2.17. The highest BCUT2D eigenvalue weighted by molar-refractivity contribution is 7.19. The molecule has 0 spiro atoms. The molecule has 1 heterocycles. The third-order valence-electron chi connectivity index (χ3n) is 2.58. The molecule has 0 aliphatic carbocycles. The van der Waals surface area contributed by atoms with E-state index in [9.17, 15) is 14.4 Å². The molecule has 0 fully saturated rings. The van der Waals surface area contributed by atoms with Crippen LogP contribution in [0, 0.1) is 0 Å². The first kappa shape index (κ1) is 15.6. The Labute approximate surface area is 129 Å². The first-order valence-corrected chi connectivity index (χ1v) is 7.12. The number of aromatic nitrogens is 1. The minimum absolute atomic E-state index is 0.646. The van der Waals surface area contributed by atoms with Crippen LogP contribution in [0.2, 0.25) is 0 Å². The zero-order valence-corrected chi connectivity index (χ0v) is 12.4. The third kappa shape index (κ3) is 4.13. The van der Waals surface area contributed by atoms with Crippen molar-refractivity contribution < 1.29 is 19.1 Å². The summed E-state index contributed by atoms with van der Waals surface area (Å²) in [6.45, 7) is 1.34. The predicted octanol–water partition coefficient (Wildman–Crippen LogP) is 1.44. The number of amides is 3. The lowest BCUT2D eigenvalue weighted by atomic mass is 10.3. The summed E-state index contributed by atoms with van der Waals surface area (Å²) in [7, 11) is 0. The molecular weight excluding hydrogens is 306 g/mol. The molecule has 0 radical (unpaired) electrons. The number of hydrogen-bond acceptors (Lipinski definition) is 6. The van der Waals surface area contributed by atoms with Crippen molar-refractivity contribution in [3.05, 3.63) is 35.3 Å². The highest BCUT2D eigenvalue weighted by Crippen LogP contribution is 2.22. The maximum absolute atomic E-state index is 11.6. The van der Waals surface area contributed by atoms with Gasteiger partial charge < -0.3 is 10.5 Å². The van der Waals surface area contributed by atoms with Gasteiger partial charge in [-0.2, -0.15) is 0 Å². The number of nitrogens with two attached hydrogens (primary N) is 1. The second-order valence-electron chi connectivity index (χ2n) is 4.29. The molecule has 3 N–H and O–H groups in total. The van der Waals surface area contributed by atoms with E-state index in [0.717, 1.165) is 10.2 Å². The summed E-state index contributed by atoms with van der Waals surface area (Å²) in [5.41, 5.74) is 5.64. The molecule has 0 unspecified atom stereocenters. The van der Waals surface area contributed by atoms with Gasteiger partial charge in [-0.25, -0.2) is 14.6 Å². The number of primary amides is 1. The van der Waals surface area contributed by atoms with Crippen LogP contribution in [-0.4, -0.2) is 29.0 Å². The predicted molar refractivity (Wildman–Crippen MR) is 81.9 cm³/mol. The minimum Gasteiger partial charge on any atom is -0.449 e. The highest BCUT2D eigenvalue weighted by atomic mass is 32.1. The van der Waals surface area contributed by atoms with E-state index in [4.69, 9.17) is 10.5 Å². The molecule has 0 bridgehead atoms. The lowest BCUT2D eigenvalue weighted by molar-refractivity contribution is -0.149. The Kier molecular flexibility index (Phi) is 4.84. The molecule has 114 valence electrons. The van der Waals surface area contributed by atoms with E-state index in [1.165, 1.54) is 30.4 Å². The van der Waals surface area contributed by atoms with Crippen molar-refractivity contribution in [2.24, 2.45) is 5.73 Å². The van der Waals surface area contributed by atoms with Crippen LogP contribution in [-0.2, 0) is 14.3 Å². The number of esters is 1. The molecule has 0 aliphatic rings. The molecule has 1 atom stereocenters. The Morgan fingerprint density at radius 2 is 2.09 bits per heavy atom. The van der Waals surface area contributed by atoms with Crippen molar-refractivity contribution in [3.8, 4) is 0 Å². The monoisotopic (exact) mass is 319 g/mol. The summed E-state index contributed by atoms with van der Waals surface area (Å²) in [4.78, 5) is 37.8. The number of carbonyl (C=O) groups excluding carboxylic acids is 3. The van der Waals surface area contributed by atoms with E-state index in [2.05, 4.69) is 4.98 Å². The number of para-hydroxylation sites is 1. The van der Waals surface area contributed by atoms with Gasteiger partial charge in [0.1, 0.15) is 5.01 Å². The van der Waals surface area contributed by atoms with Gasteiger partial charge >= 0.3 is 12.0 Å². The molecule has 8 heteroatoms. The Bertz CT molecular complexity index is 720. The van der Waals surface area contributed by atoms with Crippen LogP contribution in [0.15, 0.2) is 30.3 Å². The molecule has 2 aromatic rings. The number of imide groups is 1. The molecule has 2 rings (SSSR count). The van der Waals surface area contributed by atoms with E-state index in [1.54, 1.807) is 0 Å². The number of thiazole rings is 1. The molecule has 0 aliphatic heterocycles. The third-order valence-corrected chi connectivity index (χ3v) is 3.58. The molecular formula is C14H13N3O4S. The SMILES string of the molecule is C[C@H](OC(=O)/C=C/c1nc2ccccc2s1)C(=O)NC(N)=O. The fraction of sp³-hybridized carbons (Fsp3) is 0.143. The second-order valence-corrected chi connectivity index (χ2v) is 5.35. The number of benzene rings is 1. The summed E-state index contributed by atoms with van der Waals surface area (Å²) >= 11 is 1.43. The van der Waals surface area contributed by atoms with Crippen LogP contribution in [0.4, 0.5) is 4.79 Å². The van der Waals surface area contributed by atoms with Crippen LogP contribution in [0.1, 0.15) is 11.9 Å². The quantitative estimate of drug-likeness (QED) is 0.654. The van der Waals surface area contributed by atoms with Crippen LogP contribution in [0.25, 0.3) is 16.3 Å². The van der Waals surface area contributed by atoms with E-state index in [-0.39, 0.29) is 0 Å². The van der Waals surface area contributed by atoms with Gasteiger partial charge in [0.05, 0.1) is 10.2 Å². The van der Waals surface area contributed by atoms with Gasteiger partial charge in [0.15, 0.2) is 6.10 Å². The van der Waals surface area contributed by atoms with Crippen LogP contribution >= 0.6 is 11.3 Å². The number of nitrogens with one attached hydrogen (secondary N) is 1. The van der Waals surface area contributed by atoms with Crippen molar-refractivity contribution in [2.75, 3.05) is 0 Å². The van der Waals surface area contributed by atoms with Gasteiger partial charge in [0, 0.05) is 6.08 Å². The fourth-order valence-electron chi connectivity index (χ4n) is 1.59. The number of nitrogens with zero attached hydrogens (tertiary/aromatic N) is 1.